The number of anilines is 1. The van der Waals surface area contributed by atoms with E-state index in [9.17, 15) is 4.79 Å². The largest absolute Gasteiger partial charge is 0.360 e. The van der Waals surface area contributed by atoms with Crippen LogP contribution in [0.4, 0.5) is 5.82 Å². The molecule has 0 radical (unpaired) electrons. The van der Waals surface area contributed by atoms with E-state index in [1.807, 2.05) is 18.2 Å². The predicted molar refractivity (Wildman–Crippen MR) is 112 cm³/mol. The van der Waals surface area contributed by atoms with Gasteiger partial charge in [0.2, 0.25) is 5.91 Å². The van der Waals surface area contributed by atoms with Crippen LogP contribution < -0.4 is 4.90 Å². The molecule has 4 rings (SSSR count). The van der Waals surface area contributed by atoms with Crippen molar-refractivity contribution in [3.8, 4) is 11.4 Å². The summed E-state index contributed by atoms with van der Waals surface area (Å²) in [5.74, 6) is 2.30. The Labute approximate surface area is 167 Å². The van der Waals surface area contributed by atoms with Crippen molar-refractivity contribution in [3.63, 3.8) is 0 Å². The van der Waals surface area contributed by atoms with Crippen LogP contribution in [-0.2, 0) is 17.8 Å². The Morgan fingerprint density at radius 3 is 2.61 bits per heavy atom. The Kier molecular flexibility index (Phi) is 5.60. The summed E-state index contributed by atoms with van der Waals surface area (Å²) in [6.45, 7) is 4.40. The second-order valence-electron chi connectivity index (χ2n) is 8.02. The Morgan fingerprint density at radius 2 is 1.89 bits per heavy atom. The molecule has 1 fully saturated rings. The Morgan fingerprint density at radius 1 is 1.14 bits per heavy atom. The Hall–Kier alpha value is -2.43. The molecule has 1 aromatic carbocycles. The van der Waals surface area contributed by atoms with E-state index in [1.165, 1.54) is 19.3 Å². The van der Waals surface area contributed by atoms with Crippen LogP contribution in [0, 0.1) is 5.92 Å². The van der Waals surface area contributed by atoms with Crippen LogP contribution in [0.15, 0.2) is 30.3 Å². The van der Waals surface area contributed by atoms with Crippen LogP contribution in [0.2, 0.25) is 0 Å². The van der Waals surface area contributed by atoms with Gasteiger partial charge in [0.1, 0.15) is 5.82 Å². The van der Waals surface area contributed by atoms with Crippen molar-refractivity contribution in [1.82, 2.24) is 14.9 Å². The second-order valence-corrected chi connectivity index (χ2v) is 8.02. The minimum absolute atomic E-state index is 0.215. The van der Waals surface area contributed by atoms with Gasteiger partial charge in [-0.25, -0.2) is 9.97 Å². The number of hydrogen-bond acceptors (Lipinski definition) is 4. The summed E-state index contributed by atoms with van der Waals surface area (Å²) in [6.07, 6.45) is 6.55. The van der Waals surface area contributed by atoms with E-state index >= 15 is 0 Å². The maximum atomic E-state index is 13.1. The molecular formula is C23H30N4O. The first-order valence-corrected chi connectivity index (χ1v) is 10.6. The quantitative estimate of drug-likeness (QED) is 0.805. The van der Waals surface area contributed by atoms with Gasteiger partial charge in [-0.15, -0.1) is 0 Å². The number of fused-ring (bicyclic) bond motifs is 1. The summed E-state index contributed by atoms with van der Waals surface area (Å²) in [6, 6.07) is 10.2. The molecule has 1 aromatic heterocycles. The zero-order chi connectivity index (χ0) is 19.5. The molecule has 2 aliphatic rings. The third-order valence-electron chi connectivity index (χ3n) is 6.17. The molecule has 0 atom stereocenters. The molecule has 0 saturated heterocycles. The summed E-state index contributed by atoms with van der Waals surface area (Å²) in [7, 11) is 2.07. The number of nitrogens with zero attached hydrogens (tertiary/aromatic N) is 4. The number of hydrogen-bond donors (Lipinski definition) is 0. The number of carbonyl (C=O) groups excluding carboxylic acids is 1. The summed E-state index contributed by atoms with van der Waals surface area (Å²) in [5.41, 5.74) is 3.26. The van der Waals surface area contributed by atoms with Crippen molar-refractivity contribution in [3.05, 3.63) is 41.6 Å². The molecule has 5 nitrogen and oxygen atoms in total. The molecule has 1 amide bonds. The van der Waals surface area contributed by atoms with Gasteiger partial charge in [-0.2, -0.15) is 0 Å². The summed E-state index contributed by atoms with van der Waals surface area (Å²) < 4.78 is 0. The second kappa shape index (κ2) is 8.29. The summed E-state index contributed by atoms with van der Waals surface area (Å²) in [5, 5.41) is 0. The molecular weight excluding hydrogens is 348 g/mol. The number of carbonyl (C=O) groups is 1. The highest BCUT2D eigenvalue weighted by Crippen LogP contribution is 2.32. The van der Waals surface area contributed by atoms with Crippen molar-refractivity contribution in [1.29, 1.82) is 0 Å². The van der Waals surface area contributed by atoms with Gasteiger partial charge in [-0.1, -0.05) is 49.6 Å². The van der Waals surface area contributed by atoms with Gasteiger partial charge in [-0.05, 0) is 19.8 Å². The third-order valence-corrected chi connectivity index (χ3v) is 6.17. The molecule has 1 aliphatic heterocycles. The zero-order valence-electron chi connectivity index (χ0n) is 17.0. The molecule has 1 saturated carbocycles. The van der Waals surface area contributed by atoms with Gasteiger partial charge >= 0.3 is 0 Å². The van der Waals surface area contributed by atoms with Gasteiger partial charge in [0.25, 0.3) is 0 Å². The molecule has 2 aromatic rings. The maximum absolute atomic E-state index is 13.1. The zero-order valence-corrected chi connectivity index (χ0v) is 17.0. The molecule has 0 N–H and O–H groups in total. The van der Waals surface area contributed by atoms with Crippen LogP contribution in [0.5, 0.6) is 0 Å². The molecule has 0 unspecified atom stereocenters. The number of amides is 1. The van der Waals surface area contributed by atoms with Gasteiger partial charge in [-0.3, -0.25) is 4.79 Å². The molecule has 28 heavy (non-hydrogen) atoms. The SMILES string of the molecule is CCN(C)c1nc(-c2ccccc2)nc2c1CN(C(=O)C1CCCCC1)CC2. The van der Waals surface area contributed by atoms with Crippen molar-refractivity contribution in [2.24, 2.45) is 5.92 Å². The minimum atomic E-state index is 0.215. The highest BCUT2D eigenvalue weighted by Gasteiger charge is 2.31. The van der Waals surface area contributed by atoms with E-state index in [-0.39, 0.29) is 5.92 Å². The van der Waals surface area contributed by atoms with Crippen molar-refractivity contribution >= 4 is 11.7 Å². The highest BCUT2D eigenvalue weighted by atomic mass is 16.2. The van der Waals surface area contributed by atoms with Crippen LogP contribution in [0.25, 0.3) is 11.4 Å². The molecule has 2 heterocycles. The van der Waals surface area contributed by atoms with Gasteiger partial charge in [0.05, 0.1) is 12.2 Å². The lowest BCUT2D eigenvalue weighted by Crippen LogP contribution is -2.41. The molecule has 5 heteroatoms. The van der Waals surface area contributed by atoms with E-state index < -0.39 is 0 Å². The van der Waals surface area contributed by atoms with Crippen molar-refractivity contribution in [2.75, 3.05) is 25.0 Å². The van der Waals surface area contributed by atoms with Crippen molar-refractivity contribution in [2.45, 2.75) is 52.0 Å². The average molecular weight is 379 g/mol. The molecule has 0 spiro atoms. The fraction of sp³-hybridized carbons (Fsp3) is 0.522. The number of aromatic nitrogens is 2. The van der Waals surface area contributed by atoms with E-state index in [4.69, 9.17) is 9.97 Å². The monoisotopic (exact) mass is 378 g/mol. The van der Waals surface area contributed by atoms with Crippen LogP contribution in [-0.4, -0.2) is 40.9 Å². The Balaban J connectivity index is 1.65. The van der Waals surface area contributed by atoms with Crippen LogP contribution >= 0.6 is 0 Å². The first-order valence-electron chi connectivity index (χ1n) is 10.6. The van der Waals surface area contributed by atoms with Gasteiger partial charge in [0, 0.05) is 43.6 Å². The lowest BCUT2D eigenvalue weighted by atomic mass is 9.87. The van der Waals surface area contributed by atoms with E-state index in [2.05, 4.69) is 35.9 Å². The lowest BCUT2D eigenvalue weighted by molar-refractivity contribution is -0.137. The third kappa shape index (κ3) is 3.75. The smallest absolute Gasteiger partial charge is 0.225 e. The molecule has 0 bridgehead atoms. The maximum Gasteiger partial charge on any atom is 0.225 e. The normalized spacial score (nSPS) is 17.3. The summed E-state index contributed by atoms with van der Waals surface area (Å²) >= 11 is 0. The number of benzene rings is 1. The average Bonchev–Trinajstić information content (AvgIpc) is 2.78. The summed E-state index contributed by atoms with van der Waals surface area (Å²) in [4.78, 5) is 27.1. The van der Waals surface area contributed by atoms with Gasteiger partial charge < -0.3 is 9.80 Å². The highest BCUT2D eigenvalue weighted by molar-refractivity contribution is 5.79. The fourth-order valence-corrected chi connectivity index (χ4v) is 4.37. The van der Waals surface area contributed by atoms with Crippen LogP contribution in [0.1, 0.15) is 50.3 Å². The number of rotatable bonds is 4. The van der Waals surface area contributed by atoms with Gasteiger partial charge in [0.15, 0.2) is 5.82 Å². The first kappa shape index (κ1) is 18.9. The molecule has 148 valence electrons. The van der Waals surface area contributed by atoms with E-state index in [0.29, 0.717) is 12.5 Å². The minimum Gasteiger partial charge on any atom is -0.360 e. The standard InChI is InChI=1S/C23H30N4O/c1-3-26(2)22-19-16-27(23(28)18-12-8-5-9-13-18)15-14-20(19)24-21(25-22)17-10-6-4-7-11-17/h4,6-7,10-11,18H,3,5,8-9,12-16H2,1-2H3. The van der Waals surface area contributed by atoms with Crippen molar-refractivity contribution < 1.29 is 4.79 Å². The van der Waals surface area contributed by atoms with E-state index in [0.717, 1.165) is 60.8 Å². The predicted octanol–water partition coefficient (Wildman–Crippen LogP) is 4.06. The molecule has 1 aliphatic carbocycles. The van der Waals surface area contributed by atoms with E-state index in [1.54, 1.807) is 0 Å². The van der Waals surface area contributed by atoms with Crippen LogP contribution in [0.3, 0.4) is 0 Å². The topological polar surface area (TPSA) is 49.3 Å². The lowest BCUT2D eigenvalue weighted by Gasteiger charge is -2.34. The Bertz CT molecular complexity index is 830. The first-order chi connectivity index (χ1) is 13.7. The fourth-order valence-electron chi connectivity index (χ4n) is 4.37.